The molecule has 0 aliphatic rings. The summed E-state index contributed by atoms with van der Waals surface area (Å²) >= 11 is 7.42. The van der Waals surface area contributed by atoms with Crippen molar-refractivity contribution in [1.29, 1.82) is 0 Å². The summed E-state index contributed by atoms with van der Waals surface area (Å²) in [5.41, 5.74) is 4.59. The van der Waals surface area contributed by atoms with Crippen LogP contribution in [-0.2, 0) is 20.2 Å². The normalized spacial score (nSPS) is 11.0. The van der Waals surface area contributed by atoms with Crippen LogP contribution >= 0.6 is 22.9 Å². The van der Waals surface area contributed by atoms with Crippen molar-refractivity contribution in [3.05, 3.63) is 80.5 Å². The van der Waals surface area contributed by atoms with Gasteiger partial charge in [0.1, 0.15) is 12.4 Å². The molecule has 0 aliphatic heterocycles. The number of ether oxygens (including phenoxy) is 1. The van der Waals surface area contributed by atoms with E-state index < -0.39 is 0 Å². The third-order valence-corrected chi connectivity index (χ3v) is 6.15. The average Bonchev–Trinajstić information content (AvgIpc) is 3.44. The summed E-state index contributed by atoms with van der Waals surface area (Å²) < 4.78 is 9.37. The van der Waals surface area contributed by atoms with E-state index in [1.54, 1.807) is 15.6 Å². The molecular weight excluding hydrogens is 434 g/mol. The molecule has 3 aromatic heterocycles. The molecular formula is C22H22ClN5O2S. The van der Waals surface area contributed by atoms with E-state index in [-0.39, 0.29) is 5.91 Å². The number of hydrogen-bond acceptors (Lipinski definition) is 5. The fraction of sp³-hybridized carbons (Fsp3) is 0.227. The number of carbonyl (C=O) groups is 1. The number of carbonyl (C=O) groups excluding carboxylic acids is 1. The van der Waals surface area contributed by atoms with Crippen LogP contribution in [0.1, 0.15) is 32.1 Å². The predicted octanol–water partition coefficient (Wildman–Crippen LogP) is 4.83. The van der Waals surface area contributed by atoms with Crippen molar-refractivity contribution in [2.75, 3.05) is 5.32 Å². The second kappa shape index (κ2) is 8.95. The Hall–Kier alpha value is -3.10. The molecule has 0 saturated heterocycles. The van der Waals surface area contributed by atoms with E-state index in [2.05, 4.69) is 15.5 Å². The summed E-state index contributed by atoms with van der Waals surface area (Å²) in [5.74, 6) is 0.575. The number of nitrogens with one attached hydrogen (secondary N) is 1. The van der Waals surface area contributed by atoms with E-state index >= 15 is 0 Å². The van der Waals surface area contributed by atoms with E-state index in [0.29, 0.717) is 28.7 Å². The Bertz CT molecular complexity index is 1230. The summed E-state index contributed by atoms with van der Waals surface area (Å²) in [6.07, 6.45) is 5.42. The van der Waals surface area contributed by atoms with Gasteiger partial charge in [0.2, 0.25) is 0 Å². The van der Waals surface area contributed by atoms with Crippen molar-refractivity contribution in [3.63, 3.8) is 0 Å². The highest BCUT2D eigenvalue weighted by molar-refractivity contribution is 7.12. The van der Waals surface area contributed by atoms with Gasteiger partial charge in [0.25, 0.3) is 5.91 Å². The fourth-order valence-electron chi connectivity index (χ4n) is 3.13. The maximum Gasteiger partial charge on any atom is 0.265 e. The highest BCUT2D eigenvalue weighted by Crippen LogP contribution is 2.23. The zero-order valence-electron chi connectivity index (χ0n) is 17.4. The molecule has 4 rings (SSSR count). The van der Waals surface area contributed by atoms with E-state index in [1.165, 1.54) is 11.3 Å². The van der Waals surface area contributed by atoms with Gasteiger partial charge in [0, 0.05) is 35.6 Å². The first-order chi connectivity index (χ1) is 14.9. The first-order valence-electron chi connectivity index (χ1n) is 9.66. The molecule has 0 saturated carbocycles. The lowest BCUT2D eigenvalue weighted by Gasteiger charge is -2.06. The molecule has 3 heterocycles. The summed E-state index contributed by atoms with van der Waals surface area (Å²) in [5, 5.41) is 14.2. The zero-order valence-corrected chi connectivity index (χ0v) is 19.0. The van der Waals surface area contributed by atoms with Crippen LogP contribution in [0.4, 0.5) is 5.69 Å². The Kier molecular flexibility index (Phi) is 6.11. The average molecular weight is 456 g/mol. The Morgan fingerprint density at radius 1 is 1.26 bits per heavy atom. The number of aryl methyl sites for hydroxylation is 3. The minimum atomic E-state index is -0.171. The number of benzene rings is 1. The summed E-state index contributed by atoms with van der Waals surface area (Å²) in [6.45, 7) is 4.88. The number of anilines is 1. The van der Waals surface area contributed by atoms with Gasteiger partial charge in [0.15, 0.2) is 0 Å². The molecule has 0 fully saturated rings. The van der Waals surface area contributed by atoms with E-state index in [4.69, 9.17) is 16.3 Å². The molecule has 1 aromatic carbocycles. The molecule has 0 spiro atoms. The van der Waals surface area contributed by atoms with Crippen molar-refractivity contribution in [2.24, 2.45) is 7.05 Å². The van der Waals surface area contributed by atoms with Gasteiger partial charge in [-0.05, 0) is 49.1 Å². The van der Waals surface area contributed by atoms with Gasteiger partial charge in [-0.2, -0.15) is 10.2 Å². The van der Waals surface area contributed by atoms with Crippen LogP contribution in [-0.4, -0.2) is 25.5 Å². The van der Waals surface area contributed by atoms with Crippen LogP contribution in [0.15, 0.2) is 48.2 Å². The largest absolute Gasteiger partial charge is 0.489 e. The van der Waals surface area contributed by atoms with Crippen molar-refractivity contribution in [1.82, 2.24) is 19.6 Å². The molecule has 160 valence electrons. The van der Waals surface area contributed by atoms with Crippen molar-refractivity contribution in [3.8, 4) is 5.75 Å². The summed E-state index contributed by atoms with van der Waals surface area (Å²) in [7, 11) is 1.89. The first kappa shape index (κ1) is 21.1. The molecule has 31 heavy (non-hydrogen) atoms. The monoisotopic (exact) mass is 455 g/mol. The third kappa shape index (κ3) is 5.15. The van der Waals surface area contributed by atoms with Crippen LogP contribution in [0, 0.1) is 13.8 Å². The van der Waals surface area contributed by atoms with Gasteiger partial charge in [-0.1, -0.05) is 11.6 Å². The number of amides is 1. The standard InChI is InChI=1S/C22H22ClN5O2S/c1-14-6-19(4-5-20(14)23)30-12-16-7-21(31-13-16)22(29)25-18-8-24-28(11-18)10-17-9-27(3)26-15(17)2/h4-9,11,13H,10,12H2,1-3H3,(H,25,29). The van der Waals surface area contributed by atoms with Gasteiger partial charge < -0.3 is 10.1 Å². The van der Waals surface area contributed by atoms with Crippen molar-refractivity contribution < 1.29 is 9.53 Å². The van der Waals surface area contributed by atoms with Gasteiger partial charge in [-0.25, -0.2) is 0 Å². The van der Waals surface area contributed by atoms with E-state index in [9.17, 15) is 4.79 Å². The van der Waals surface area contributed by atoms with Crippen molar-refractivity contribution >= 4 is 34.5 Å². The van der Waals surface area contributed by atoms with E-state index in [0.717, 1.165) is 28.1 Å². The number of nitrogens with zero attached hydrogens (tertiary/aromatic N) is 4. The van der Waals surface area contributed by atoms with Gasteiger partial charge >= 0.3 is 0 Å². The maximum atomic E-state index is 12.6. The number of hydrogen-bond donors (Lipinski definition) is 1. The molecule has 0 unspecified atom stereocenters. The minimum Gasteiger partial charge on any atom is -0.489 e. The Labute approximate surface area is 189 Å². The summed E-state index contributed by atoms with van der Waals surface area (Å²) in [4.78, 5) is 13.2. The number of aromatic nitrogens is 4. The lowest BCUT2D eigenvalue weighted by atomic mass is 10.2. The van der Waals surface area contributed by atoms with Gasteiger partial charge in [-0.3, -0.25) is 14.2 Å². The molecule has 0 bridgehead atoms. The SMILES string of the molecule is Cc1cc(OCc2csc(C(=O)Nc3cnn(Cc4cn(C)nc4C)c3)c2)ccc1Cl. The zero-order chi connectivity index (χ0) is 22.0. The quantitative estimate of drug-likeness (QED) is 0.433. The van der Waals surface area contributed by atoms with Crippen LogP contribution in [0.25, 0.3) is 0 Å². The fourth-order valence-corrected chi connectivity index (χ4v) is 4.04. The van der Waals surface area contributed by atoms with Crippen LogP contribution in [0.3, 0.4) is 0 Å². The highest BCUT2D eigenvalue weighted by atomic mass is 35.5. The Morgan fingerprint density at radius 3 is 2.84 bits per heavy atom. The van der Waals surface area contributed by atoms with Crippen LogP contribution in [0.5, 0.6) is 5.75 Å². The lowest BCUT2D eigenvalue weighted by molar-refractivity contribution is 0.103. The molecule has 1 amide bonds. The first-order valence-corrected chi connectivity index (χ1v) is 10.9. The molecule has 0 atom stereocenters. The van der Waals surface area contributed by atoms with Crippen LogP contribution < -0.4 is 10.1 Å². The Balaban J connectivity index is 1.34. The molecule has 9 heteroatoms. The molecule has 1 N–H and O–H groups in total. The molecule has 4 aromatic rings. The van der Waals surface area contributed by atoms with Gasteiger partial charge in [0.05, 0.1) is 29.0 Å². The minimum absolute atomic E-state index is 0.171. The second-order valence-electron chi connectivity index (χ2n) is 7.31. The molecule has 0 radical (unpaired) electrons. The van der Waals surface area contributed by atoms with Crippen molar-refractivity contribution in [2.45, 2.75) is 27.0 Å². The third-order valence-electron chi connectivity index (χ3n) is 4.75. The number of rotatable bonds is 7. The summed E-state index contributed by atoms with van der Waals surface area (Å²) in [6, 6.07) is 7.38. The highest BCUT2D eigenvalue weighted by Gasteiger charge is 2.12. The number of thiophene rings is 1. The molecule has 0 aliphatic carbocycles. The lowest BCUT2D eigenvalue weighted by Crippen LogP contribution is -2.09. The Morgan fingerprint density at radius 2 is 2.10 bits per heavy atom. The predicted molar refractivity (Wildman–Crippen MR) is 122 cm³/mol. The smallest absolute Gasteiger partial charge is 0.265 e. The van der Waals surface area contributed by atoms with Crippen LogP contribution in [0.2, 0.25) is 5.02 Å². The van der Waals surface area contributed by atoms with Gasteiger partial charge in [-0.15, -0.1) is 11.3 Å². The number of halogens is 1. The maximum absolute atomic E-state index is 12.6. The van der Waals surface area contributed by atoms with E-state index in [1.807, 2.05) is 62.9 Å². The molecule has 7 nitrogen and oxygen atoms in total. The second-order valence-corrected chi connectivity index (χ2v) is 8.63. The topological polar surface area (TPSA) is 74.0 Å².